The zero-order chi connectivity index (χ0) is 18.0. The number of hydrogen-bond acceptors (Lipinski definition) is 6. The molecule has 0 spiro atoms. The Morgan fingerprint density at radius 3 is 2.48 bits per heavy atom. The minimum atomic E-state index is -3.96. The van der Waals surface area contributed by atoms with Gasteiger partial charge in [0.25, 0.3) is 10.0 Å². The highest BCUT2D eigenvalue weighted by atomic mass is 32.2. The Hall–Kier alpha value is -3.01. The van der Waals surface area contributed by atoms with E-state index in [2.05, 4.69) is 20.2 Å². The monoisotopic (exact) mass is 363 g/mol. The van der Waals surface area contributed by atoms with Gasteiger partial charge in [-0.2, -0.15) is 4.68 Å². The molecule has 0 radical (unpaired) electrons. The Kier molecular flexibility index (Phi) is 4.36. The van der Waals surface area contributed by atoms with Crippen molar-refractivity contribution in [3.63, 3.8) is 0 Å². The van der Waals surface area contributed by atoms with E-state index in [1.165, 1.54) is 48.2 Å². The molecule has 0 aliphatic heterocycles. The lowest BCUT2D eigenvalue weighted by Gasteiger charge is -2.11. The van der Waals surface area contributed by atoms with Crippen molar-refractivity contribution in [2.45, 2.75) is 11.8 Å². The largest absolute Gasteiger partial charge is 0.497 e. The van der Waals surface area contributed by atoms with Crippen LogP contribution in [-0.2, 0) is 10.0 Å². The van der Waals surface area contributed by atoms with E-state index >= 15 is 0 Å². The summed E-state index contributed by atoms with van der Waals surface area (Å²) in [5.41, 5.74) is 0.222. The van der Waals surface area contributed by atoms with Crippen LogP contribution in [0.5, 0.6) is 5.75 Å². The number of benzene rings is 2. The molecular formula is C15H14FN5O3S. The highest BCUT2D eigenvalue weighted by Gasteiger charge is 2.17. The molecule has 0 saturated carbocycles. The van der Waals surface area contributed by atoms with E-state index in [9.17, 15) is 12.8 Å². The number of hydrogen-bond donors (Lipinski definition) is 1. The number of nitrogens with one attached hydrogen (secondary N) is 1. The van der Waals surface area contributed by atoms with Crippen LogP contribution in [0.25, 0.3) is 5.69 Å². The van der Waals surface area contributed by atoms with Crippen molar-refractivity contribution in [2.75, 3.05) is 11.8 Å². The number of methoxy groups -OCH3 is 1. The minimum absolute atomic E-state index is 0.0169. The van der Waals surface area contributed by atoms with E-state index in [-0.39, 0.29) is 10.6 Å². The Morgan fingerprint density at radius 1 is 1.16 bits per heavy atom. The molecule has 1 heterocycles. The van der Waals surface area contributed by atoms with Crippen molar-refractivity contribution in [3.05, 3.63) is 54.1 Å². The summed E-state index contributed by atoms with van der Waals surface area (Å²) in [6.45, 7) is 1.67. The number of halogens is 1. The Morgan fingerprint density at radius 2 is 1.88 bits per heavy atom. The van der Waals surface area contributed by atoms with Crippen LogP contribution < -0.4 is 9.46 Å². The first-order chi connectivity index (χ1) is 11.9. The molecule has 3 rings (SSSR count). The van der Waals surface area contributed by atoms with Crippen LogP contribution in [0.2, 0.25) is 0 Å². The van der Waals surface area contributed by atoms with Crippen LogP contribution in [0.15, 0.2) is 47.4 Å². The molecule has 8 nitrogen and oxygen atoms in total. The minimum Gasteiger partial charge on any atom is -0.497 e. The second kappa shape index (κ2) is 6.48. The lowest BCUT2D eigenvalue weighted by Crippen LogP contribution is -2.14. The van der Waals surface area contributed by atoms with Crippen LogP contribution >= 0.6 is 0 Å². The molecular weight excluding hydrogens is 349 g/mol. The van der Waals surface area contributed by atoms with Crippen LogP contribution in [0.4, 0.5) is 10.1 Å². The average molecular weight is 363 g/mol. The molecule has 0 atom stereocenters. The molecule has 0 amide bonds. The highest BCUT2D eigenvalue weighted by molar-refractivity contribution is 7.92. The molecule has 0 aliphatic rings. The van der Waals surface area contributed by atoms with Crippen LogP contribution in [0, 0.1) is 12.7 Å². The number of tetrazole rings is 1. The van der Waals surface area contributed by atoms with Crippen LogP contribution in [-0.4, -0.2) is 35.7 Å². The number of sulfonamides is 1. The molecule has 10 heteroatoms. The van der Waals surface area contributed by atoms with Gasteiger partial charge in [-0.3, -0.25) is 4.72 Å². The number of nitrogens with zero attached hydrogens (tertiary/aromatic N) is 4. The first kappa shape index (κ1) is 16.8. The van der Waals surface area contributed by atoms with Gasteiger partial charge in [0, 0.05) is 0 Å². The maximum atomic E-state index is 14.1. The molecule has 0 fully saturated rings. The number of anilines is 1. The summed E-state index contributed by atoms with van der Waals surface area (Å²) in [4.78, 5) is -0.0169. The molecule has 0 bridgehead atoms. The number of rotatable bonds is 5. The van der Waals surface area contributed by atoms with Gasteiger partial charge >= 0.3 is 0 Å². The zero-order valence-electron chi connectivity index (χ0n) is 13.3. The summed E-state index contributed by atoms with van der Waals surface area (Å²) in [6.07, 6.45) is 0. The van der Waals surface area contributed by atoms with Gasteiger partial charge in [-0.1, -0.05) is 0 Å². The lowest BCUT2D eigenvalue weighted by molar-refractivity contribution is 0.414. The number of aromatic nitrogens is 4. The fourth-order valence-corrected chi connectivity index (χ4v) is 3.21. The number of ether oxygens (including phenoxy) is 1. The maximum absolute atomic E-state index is 14.1. The highest BCUT2D eigenvalue weighted by Crippen LogP contribution is 2.23. The third kappa shape index (κ3) is 3.43. The van der Waals surface area contributed by atoms with Crippen molar-refractivity contribution in [1.82, 2.24) is 20.2 Å². The Labute approximate surface area is 143 Å². The maximum Gasteiger partial charge on any atom is 0.261 e. The first-order valence-corrected chi connectivity index (χ1v) is 8.61. The smallest absolute Gasteiger partial charge is 0.261 e. The predicted octanol–water partition coefficient (Wildman–Crippen LogP) is 1.92. The molecule has 0 saturated heterocycles. The van der Waals surface area contributed by atoms with E-state index in [0.717, 1.165) is 6.07 Å². The van der Waals surface area contributed by atoms with Gasteiger partial charge in [0.1, 0.15) is 11.6 Å². The average Bonchev–Trinajstić information content (AvgIpc) is 3.03. The van der Waals surface area contributed by atoms with Crippen LogP contribution in [0.3, 0.4) is 0 Å². The summed E-state index contributed by atoms with van der Waals surface area (Å²) in [5.74, 6) is 0.281. The van der Waals surface area contributed by atoms with E-state index in [4.69, 9.17) is 4.74 Å². The van der Waals surface area contributed by atoms with Crippen molar-refractivity contribution in [3.8, 4) is 11.4 Å². The van der Waals surface area contributed by atoms with Gasteiger partial charge in [-0.25, -0.2) is 12.8 Å². The van der Waals surface area contributed by atoms with Gasteiger partial charge in [0.2, 0.25) is 0 Å². The van der Waals surface area contributed by atoms with Gasteiger partial charge in [0.05, 0.1) is 23.4 Å². The van der Waals surface area contributed by atoms with Crippen molar-refractivity contribution in [2.24, 2.45) is 0 Å². The van der Waals surface area contributed by atoms with Crippen LogP contribution in [0.1, 0.15) is 5.82 Å². The van der Waals surface area contributed by atoms with E-state index < -0.39 is 15.8 Å². The normalized spacial score (nSPS) is 11.3. The molecule has 1 N–H and O–H groups in total. The second-order valence-electron chi connectivity index (χ2n) is 5.08. The van der Waals surface area contributed by atoms with Crippen molar-refractivity contribution in [1.29, 1.82) is 0 Å². The van der Waals surface area contributed by atoms with Gasteiger partial charge in [0.15, 0.2) is 5.82 Å². The summed E-state index contributed by atoms with van der Waals surface area (Å²) in [7, 11) is -2.49. The fourth-order valence-electron chi connectivity index (χ4n) is 2.15. The second-order valence-corrected chi connectivity index (χ2v) is 6.77. The Balaban J connectivity index is 1.95. The molecule has 3 aromatic rings. The zero-order valence-corrected chi connectivity index (χ0v) is 14.2. The van der Waals surface area contributed by atoms with Crippen molar-refractivity contribution < 1.29 is 17.5 Å². The van der Waals surface area contributed by atoms with Gasteiger partial charge < -0.3 is 4.74 Å². The van der Waals surface area contributed by atoms with Gasteiger partial charge in [-0.15, -0.1) is 5.10 Å². The molecule has 130 valence electrons. The van der Waals surface area contributed by atoms with E-state index in [1.54, 1.807) is 6.92 Å². The summed E-state index contributed by atoms with van der Waals surface area (Å²) >= 11 is 0. The quantitative estimate of drug-likeness (QED) is 0.743. The number of aryl methyl sites for hydroxylation is 1. The SMILES string of the molecule is COc1ccc(S(=O)(=O)Nc2cc(-n3nnnc3C)ccc2F)cc1. The van der Waals surface area contributed by atoms with E-state index in [1.807, 2.05) is 0 Å². The molecule has 0 aliphatic carbocycles. The molecule has 1 aromatic heterocycles. The third-order valence-electron chi connectivity index (χ3n) is 3.43. The topological polar surface area (TPSA) is 99.0 Å². The lowest BCUT2D eigenvalue weighted by atomic mass is 10.2. The van der Waals surface area contributed by atoms with Crippen molar-refractivity contribution >= 4 is 15.7 Å². The predicted molar refractivity (Wildman–Crippen MR) is 87.7 cm³/mol. The standard InChI is InChI=1S/C15H14FN5O3S/c1-10-17-19-20-21(10)11-3-8-14(16)15(9-11)18-25(22,23)13-6-4-12(24-2)5-7-13/h3-9,18H,1-2H3. The summed E-state index contributed by atoms with van der Waals surface area (Å²) in [5, 5.41) is 11.0. The molecule has 2 aromatic carbocycles. The first-order valence-electron chi connectivity index (χ1n) is 7.12. The third-order valence-corrected chi connectivity index (χ3v) is 4.82. The van der Waals surface area contributed by atoms with Gasteiger partial charge in [-0.05, 0) is 59.8 Å². The Bertz CT molecular complexity index is 1000. The summed E-state index contributed by atoms with van der Waals surface area (Å²) < 4.78 is 47.6. The molecule has 0 unspecified atom stereocenters. The molecule has 25 heavy (non-hydrogen) atoms. The van der Waals surface area contributed by atoms with E-state index in [0.29, 0.717) is 17.3 Å². The summed E-state index contributed by atoms with van der Waals surface area (Å²) in [6, 6.07) is 9.66. The fraction of sp³-hybridized carbons (Fsp3) is 0.133.